The monoisotopic (exact) mass is 366 g/mol. The van der Waals surface area contributed by atoms with Gasteiger partial charge in [-0.2, -0.15) is 13.8 Å². The van der Waals surface area contributed by atoms with Crippen LogP contribution in [0.4, 0.5) is 8.78 Å². The lowest BCUT2D eigenvalue weighted by Crippen LogP contribution is -2.09. The van der Waals surface area contributed by atoms with Gasteiger partial charge < -0.3 is 9.05 Å². The standard InChI is InChI=1S/C12H14ClF2N4O3P/c1-3-21-23(20,16-2)7-9-5-4-8(6-17-9)10-18-11(22-19-10)12(13,14)15/h4-6H,3,7H2,1-2H3,(H,16,20). The lowest BCUT2D eigenvalue weighted by molar-refractivity contribution is 0.0551. The highest BCUT2D eigenvalue weighted by molar-refractivity contribution is 7.56. The van der Waals surface area contributed by atoms with Gasteiger partial charge in [0.1, 0.15) is 0 Å². The van der Waals surface area contributed by atoms with E-state index in [1.54, 1.807) is 19.1 Å². The van der Waals surface area contributed by atoms with E-state index in [0.717, 1.165) is 0 Å². The summed E-state index contributed by atoms with van der Waals surface area (Å²) in [6.07, 6.45) is 1.46. The molecule has 126 valence electrons. The van der Waals surface area contributed by atoms with Gasteiger partial charge in [0.2, 0.25) is 5.82 Å². The second-order valence-electron chi connectivity index (χ2n) is 4.43. The first kappa shape index (κ1) is 17.9. The van der Waals surface area contributed by atoms with Gasteiger partial charge in [-0.15, -0.1) is 0 Å². The van der Waals surface area contributed by atoms with E-state index in [1.807, 2.05) is 0 Å². The average Bonchev–Trinajstić information content (AvgIpc) is 2.98. The number of hydrogen-bond acceptors (Lipinski definition) is 6. The molecule has 0 saturated carbocycles. The van der Waals surface area contributed by atoms with Crippen molar-refractivity contribution in [1.29, 1.82) is 0 Å². The minimum absolute atomic E-state index is 0.0685. The van der Waals surface area contributed by atoms with Gasteiger partial charge >= 0.3 is 11.3 Å². The summed E-state index contributed by atoms with van der Waals surface area (Å²) in [5, 5.41) is 2.34. The molecule has 2 aromatic rings. The van der Waals surface area contributed by atoms with Gasteiger partial charge in [-0.05, 0) is 37.7 Å². The van der Waals surface area contributed by atoms with Gasteiger partial charge in [0.15, 0.2) is 0 Å². The fourth-order valence-electron chi connectivity index (χ4n) is 1.72. The van der Waals surface area contributed by atoms with Crippen molar-refractivity contribution in [3.63, 3.8) is 0 Å². The van der Waals surface area contributed by atoms with Crippen molar-refractivity contribution in [2.75, 3.05) is 13.7 Å². The number of nitrogens with zero attached hydrogens (tertiary/aromatic N) is 3. The maximum Gasteiger partial charge on any atom is 0.400 e. The number of halogens is 3. The number of hydrogen-bond donors (Lipinski definition) is 1. The quantitative estimate of drug-likeness (QED) is 0.593. The maximum absolute atomic E-state index is 12.8. The molecule has 0 saturated heterocycles. The molecule has 1 unspecified atom stereocenters. The smallest absolute Gasteiger partial charge is 0.331 e. The van der Waals surface area contributed by atoms with Crippen molar-refractivity contribution in [1.82, 2.24) is 20.2 Å². The predicted molar refractivity (Wildman–Crippen MR) is 79.3 cm³/mol. The van der Waals surface area contributed by atoms with Crippen LogP contribution in [0.2, 0.25) is 0 Å². The zero-order valence-corrected chi connectivity index (χ0v) is 13.9. The average molecular weight is 367 g/mol. The largest absolute Gasteiger partial charge is 0.400 e. The second-order valence-corrected chi connectivity index (χ2v) is 7.28. The number of nitrogens with one attached hydrogen (secondary N) is 1. The lowest BCUT2D eigenvalue weighted by Gasteiger charge is -2.15. The molecule has 0 aromatic carbocycles. The summed E-state index contributed by atoms with van der Waals surface area (Å²) in [7, 11) is -1.47. The van der Waals surface area contributed by atoms with Gasteiger partial charge in [-0.25, -0.2) is 5.09 Å². The third-order valence-electron chi connectivity index (χ3n) is 2.80. The van der Waals surface area contributed by atoms with Gasteiger partial charge in [-0.1, -0.05) is 5.16 Å². The minimum Gasteiger partial charge on any atom is -0.331 e. The lowest BCUT2D eigenvalue weighted by atomic mass is 10.2. The molecule has 0 amide bonds. The molecule has 2 aromatic heterocycles. The zero-order valence-electron chi connectivity index (χ0n) is 12.3. The number of alkyl halides is 3. The molecule has 0 aliphatic heterocycles. The molecule has 2 rings (SSSR count). The van der Waals surface area contributed by atoms with Crippen LogP contribution < -0.4 is 5.09 Å². The highest BCUT2D eigenvalue weighted by atomic mass is 35.5. The Labute approximate surface area is 135 Å². The van der Waals surface area contributed by atoms with Crippen LogP contribution in [0.25, 0.3) is 11.4 Å². The number of pyridine rings is 1. The van der Waals surface area contributed by atoms with Gasteiger partial charge in [0.25, 0.3) is 7.52 Å². The third kappa shape index (κ3) is 4.54. The molecule has 0 spiro atoms. The van der Waals surface area contributed by atoms with Crippen molar-refractivity contribution >= 4 is 19.1 Å². The van der Waals surface area contributed by atoms with E-state index < -0.39 is 18.8 Å². The highest BCUT2D eigenvalue weighted by Gasteiger charge is 2.35. The second kappa shape index (κ2) is 7.00. The topological polar surface area (TPSA) is 90.1 Å². The van der Waals surface area contributed by atoms with Crippen LogP contribution >= 0.6 is 19.1 Å². The normalized spacial score (nSPS) is 14.7. The van der Waals surface area contributed by atoms with Crippen molar-refractivity contribution in [3.8, 4) is 11.4 Å². The van der Waals surface area contributed by atoms with E-state index >= 15 is 0 Å². The SMILES string of the molecule is CCOP(=O)(Cc1ccc(-c2noc(C(F)(F)Cl)n2)cn1)NC. The van der Waals surface area contributed by atoms with Crippen molar-refractivity contribution < 1.29 is 22.4 Å². The molecule has 1 atom stereocenters. The Bertz CT molecular complexity index is 705. The Morgan fingerprint density at radius 3 is 2.70 bits per heavy atom. The molecular formula is C12H14ClF2N4O3P. The molecule has 0 radical (unpaired) electrons. The van der Waals surface area contributed by atoms with Crippen LogP contribution in [-0.2, 0) is 20.6 Å². The van der Waals surface area contributed by atoms with Crippen molar-refractivity contribution in [2.45, 2.75) is 18.5 Å². The summed E-state index contributed by atoms with van der Waals surface area (Å²) in [5.41, 5.74) is 0.867. The molecule has 1 N–H and O–H groups in total. The molecule has 2 heterocycles. The summed E-state index contributed by atoms with van der Waals surface area (Å²) in [6.45, 7) is 2.04. The highest BCUT2D eigenvalue weighted by Crippen LogP contribution is 2.44. The van der Waals surface area contributed by atoms with E-state index in [0.29, 0.717) is 17.9 Å². The molecule has 0 fully saturated rings. The Hall–Kier alpha value is -1.41. The Morgan fingerprint density at radius 2 is 2.22 bits per heavy atom. The number of rotatable bonds is 7. The van der Waals surface area contributed by atoms with E-state index in [2.05, 4.69) is 24.7 Å². The van der Waals surface area contributed by atoms with E-state index in [9.17, 15) is 13.3 Å². The first-order valence-corrected chi connectivity index (χ1v) is 8.75. The summed E-state index contributed by atoms with van der Waals surface area (Å²) < 4.78 is 47.6. The third-order valence-corrected chi connectivity index (χ3v) is 5.06. The molecule has 7 nitrogen and oxygen atoms in total. The molecular weight excluding hydrogens is 353 g/mol. The van der Waals surface area contributed by atoms with Gasteiger partial charge in [0.05, 0.1) is 18.5 Å². The van der Waals surface area contributed by atoms with Crippen LogP contribution in [-0.4, -0.2) is 28.8 Å². The Morgan fingerprint density at radius 1 is 1.48 bits per heavy atom. The Kier molecular flexibility index (Phi) is 5.46. The predicted octanol–water partition coefficient (Wildman–Crippen LogP) is 3.37. The fraction of sp³-hybridized carbons (Fsp3) is 0.417. The van der Waals surface area contributed by atoms with Crippen LogP contribution in [0.3, 0.4) is 0 Å². The summed E-state index contributed by atoms with van der Waals surface area (Å²) in [4.78, 5) is 7.62. The molecule has 0 aliphatic rings. The van der Waals surface area contributed by atoms with Gasteiger partial charge in [0, 0.05) is 11.8 Å². The molecule has 11 heteroatoms. The zero-order chi connectivity index (χ0) is 17.1. The van der Waals surface area contributed by atoms with Gasteiger partial charge in [-0.3, -0.25) is 9.55 Å². The fourth-order valence-corrected chi connectivity index (χ4v) is 3.20. The molecule has 0 aliphatic carbocycles. The first-order chi connectivity index (χ1) is 10.8. The van der Waals surface area contributed by atoms with Crippen LogP contribution in [0.5, 0.6) is 0 Å². The van der Waals surface area contributed by atoms with Crippen LogP contribution in [0.15, 0.2) is 22.9 Å². The molecule has 0 bridgehead atoms. The summed E-state index contributed by atoms with van der Waals surface area (Å²) in [5.74, 6) is -1.06. The van der Waals surface area contributed by atoms with E-state index in [-0.39, 0.29) is 12.0 Å². The first-order valence-electron chi connectivity index (χ1n) is 6.56. The van der Waals surface area contributed by atoms with E-state index in [4.69, 9.17) is 16.1 Å². The summed E-state index contributed by atoms with van der Waals surface area (Å²) in [6, 6.07) is 3.13. The molecule has 23 heavy (non-hydrogen) atoms. The minimum atomic E-state index is -3.73. The van der Waals surface area contributed by atoms with E-state index in [1.165, 1.54) is 13.2 Å². The Balaban J connectivity index is 2.16. The van der Waals surface area contributed by atoms with Crippen LogP contribution in [0.1, 0.15) is 18.5 Å². The summed E-state index contributed by atoms with van der Waals surface area (Å²) >= 11 is 4.81. The maximum atomic E-state index is 12.8. The number of aromatic nitrogens is 3. The van der Waals surface area contributed by atoms with Crippen LogP contribution in [0, 0.1) is 0 Å². The van der Waals surface area contributed by atoms with Crippen molar-refractivity contribution in [3.05, 3.63) is 29.9 Å². The van der Waals surface area contributed by atoms with Crippen molar-refractivity contribution in [2.24, 2.45) is 0 Å².